The Balaban J connectivity index is 2.22. The lowest BCUT2D eigenvalue weighted by Gasteiger charge is -2.25. The first-order chi connectivity index (χ1) is 14.7. The van der Waals surface area contributed by atoms with Crippen LogP contribution in [0.25, 0.3) is 0 Å². The zero-order valence-corrected chi connectivity index (χ0v) is 19.7. The van der Waals surface area contributed by atoms with E-state index < -0.39 is 24.1 Å². The Kier molecular flexibility index (Phi) is 9.26. The molecule has 0 aliphatic heterocycles. The molecule has 2 atom stereocenters. The molecule has 0 aliphatic rings. The number of hydrogen-bond acceptors (Lipinski definition) is 5. The summed E-state index contributed by atoms with van der Waals surface area (Å²) in [4.78, 5) is 35.4. The molecule has 0 saturated heterocycles. The quantitative estimate of drug-likeness (QED) is 0.367. The van der Waals surface area contributed by atoms with Gasteiger partial charge >= 0.3 is 12.1 Å². The number of aliphatic carboxylic acids is 1. The molecule has 7 nitrogen and oxygen atoms in total. The van der Waals surface area contributed by atoms with Crippen molar-refractivity contribution in [2.45, 2.75) is 25.9 Å². The Bertz CT molecular complexity index is 977. The number of amides is 2. The van der Waals surface area contributed by atoms with Crippen LogP contribution in [0.1, 0.15) is 41.8 Å². The number of carbonyl (C=O) groups is 3. The maximum absolute atomic E-state index is 12.5. The average Bonchev–Trinajstić information content (AvgIpc) is 2.72. The number of halogens is 2. The molecule has 31 heavy (non-hydrogen) atoms. The number of allylic oxidation sites excluding steroid dienone is 1. The highest BCUT2D eigenvalue weighted by Gasteiger charge is 2.28. The van der Waals surface area contributed by atoms with Gasteiger partial charge in [-0.25, -0.2) is 9.59 Å². The molecule has 0 unspecified atom stereocenters. The number of rotatable bonds is 8. The number of imide groups is 1. The predicted molar refractivity (Wildman–Crippen MR) is 122 cm³/mol. The van der Waals surface area contributed by atoms with E-state index in [4.69, 9.17) is 9.84 Å². The van der Waals surface area contributed by atoms with Crippen molar-refractivity contribution in [2.24, 2.45) is 5.92 Å². The lowest BCUT2D eigenvalue weighted by atomic mass is 9.92. The molecule has 0 aromatic heterocycles. The third-order valence-corrected chi connectivity index (χ3v) is 5.48. The van der Waals surface area contributed by atoms with Crippen LogP contribution in [-0.4, -0.2) is 28.2 Å². The first-order valence-corrected chi connectivity index (χ1v) is 10.9. The molecular formula is C22H21Br2NO6. The van der Waals surface area contributed by atoms with Crippen molar-refractivity contribution in [3.8, 4) is 5.75 Å². The minimum atomic E-state index is -1.05. The van der Waals surface area contributed by atoms with Gasteiger partial charge in [-0.15, -0.1) is 0 Å². The van der Waals surface area contributed by atoms with Gasteiger partial charge < -0.3 is 14.9 Å². The Labute approximate surface area is 196 Å². The Morgan fingerprint density at radius 1 is 1.16 bits per heavy atom. The minimum absolute atomic E-state index is 0.0942. The highest BCUT2D eigenvalue weighted by atomic mass is 79.9. The van der Waals surface area contributed by atoms with Crippen LogP contribution in [0.15, 0.2) is 63.6 Å². The van der Waals surface area contributed by atoms with Gasteiger partial charge in [-0.05, 0) is 59.0 Å². The van der Waals surface area contributed by atoms with Gasteiger partial charge in [0, 0.05) is 21.7 Å². The fraction of sp³-hybridized carbons (Fsp3) is 0.227. The number of phenols is 1. The van der Waals surface area contributed by atoms with Crippen LogP contribution in [0.5, 0.6) is 5.75 Å². The van der Waals surface area contributed by atoms with E-state index in [1.807, 2.05) is 0 Å². The molecule has 0 spiro atoms. The molecule has 0 bridgehead atoms. The molecule has 0 radical (unpaired) electrons. The second-order valence-corrected chi connectivity index (χ2v) is 8.54. The Morgan fingerprint density at radius 2 is 1.84 bits per heavy atom. The molecule has 0 saturated carbocycles. The number of carbonyl (C=O) groups excluding carboxylic acids is 2. The van der Waals surface area contributed by atoms with Crippen LogP contribution in [0.4, 0.5) is 4.79 Å². The summed E-state index contributed by atoms with van der Waals surface area (Å²) in [6.07, 6.45) is 1.59. The highest BCUT2D eigenvalue weighted by Crippen LogP contribution is 2.40. The number of nitrogens with one attached hydrogen (secondary N) is 1. The smallest absolute Gasteiger partial charge is 0.414 e. The first-order valence-electron chi connectivity index (χ1n) is 9.33. The summed E-state index contributed by atoms with van der Waals surface area (Å²) in [6, 6.07) is 11.5. The summed E-state index contributed by atoms with van der Waals surface area (Å²) < 4.78 is 6.61. The van der Waals surface area contributed by atoms with Crippen LogP contribution in [0.3, 0.4) is 0 Å². The summed E-state index contributed by atoms with van der Waals surface area (Å²) in [5.74, 6) is -2.06. The van der Waals surface area contributed by atoms with Crippen LogP contribution >= 0.6 is 31.9 Å². The number of hydrogen-bond donors (Lipinski definition) is 3. The van der Waals surface area contributed by atoms with Crippen molar-refractivity contribution in [3.05, 3.63) is 74.7 Å². The molecule has 0 heterocycles. The lowest BCUT2D eigenvalue weighted by Crippen LogP contribution is -2.33. The van der Waals surface area contributed by atoms with Crippen molar-refractivity contribution in [1.29, 1.82) is 0 Å². The SMILES string of the molecule is C[C@H](CC/C=C/C(=O)O)[C@H](OC(=O)NC(=O)c1ccccc1)c1cc(Br)cc(Br)c1O. The van der Waals surface area contributed by atoms with E-state index in [0.717, 1.165) is 6.08 Å². The fourth-order valence-electron chi connectivity index (χ4n) is 2.88. The summed E-state index contributed by atoms with van der Waals surface area (Å²) in [6.45, 7) is 1.81. The lowest BCUT2D eigenvalue weighted by molar-refractivity contribution is -0.131. The van der Waals surface area contributed by atoms with Crippen LogP contribution in [0.2, 0.25) is 0 Å². The zero-order chi connectivity index (χ0) is 23.0. The summed E-state index contributed by atoms with van der Waals surface area (Å²) in [7, 11) is 0. The summed E-state index contributed by atoms with van der Waals surface area (Å²) in [5, 5.41) is 21.4. The van der Waals surface area contributed by atoms with Crippen LogP contribution in [0, 0.1) is 5.92 Å². The van der Waals surface area contributed by atoms with Crippen LogP contribution in [-0.2, 0) is 9.53 Å². The summed E-state index contributed by atoms with van der Waals surface area (Å²) >= 11 is 6.62. The van der Waals surface area contributed by atoms with Crippen LogP contribution < -0.4 is 5.32 Å². The van der Waals surface area contributed by atoms with Crippen molar-refractivity contribution >= 4 is 49.8 Å². The van der Waals surface area contributed by atoms with E-state index >= 15 is 0 Å². The van der Waals surface area contributed by atoms with E-state index in [-0.39, 0.29) is 11.7 Å². The fourth-order valence-corrected chi connectivity index (χ4v) is 4.14. The van der Waals surface area contributed by atoms with Gasteiger partial charge in [0.05, 0.1) is 4.47 Å². The molecule has 2 aromatic rings. The number of ether oxygens (including phenoxy) is 1. The van der Waals surface area contributed by atoms with E-state index in [0.29, 0.717) is 32.9 Å². The normalized spacial score (nSPS) is 12.9. The molecular weight excluding hydrogens is 534 g/mol. The van der Waals surface area contributed by atoms with Crippen molar-refractivity contribution < 1.29 is 29.3 Å². The Morgan fingerprint density at radius 3 is 2.48 bits per heavy atom. The summed E-state index contributed by atoms with van der Waals surface area (Å²) in [5.41, 5.74) is 0.647. The van der Waals surface area contributed by atoms with Crippen molar-refractivity contribution in [1.82, 2.24) is 5.32 Å². The molecule has 0 fully saturated rings. The van der Waals surface area contributed by atoms with E-state index in [9.17, 15) is 19.5 Å². The molecule has 9 heteroatoms. The van der Waals surface area contributed by atoms with Gasteiger partial charge in [-0.3, -0.25) is 10.1 Å². The molecule has 164 valence electrons. The second kappa shape index (κ2) is 11.7. The molecule has 3 N–H and O–H groups in total. The molecule has 2 amide bonds. The van der Waals surface area contributed by atoms with E-state index in [1.54, 1.807) is 49.4 Å². The zero-order valence-electron chi connectivity index (χ0n) is 16.5. The number of aromatic hydroxyl groups is 1. The number of carboxylic acid groups (broad SMARTS) is 1. The van der Waals surface area contributed by atoms with E-state index in [1.165, 1.54) is 6.08 Å². The highest BCUT2D eigenvalue weighted by molar-refractivity contribution is 9.11. The molecule has 0 aliphatic carbocycles. The van der Waals surface area contributed by atoms with Gasteiger partial charge in [-0.1, -0.05) is 47.1 Å². The maximum Gasteiger partial charge on any atom is 0.414 e. The number of benzene rings is 2. The largest absolute Gasteiger partial charge is 0.506 e. The molecule has 2 rings (SSSR count). The standard InChI is InChI=1S/C22H21Br2NO6/c1-13(7-5-6-10-18(26)27)20(16-11-15(23)12-17(24)19(16)28)31-22(30)25-21(29)14-8-3-2-4-9-14/h2-4,6,8-13,20,28H,5,7H2,1H3,(H,26,27)(H,25,29,30)/b10-6+/t13-,20+/m1/s1. The second-order valence-electron chi connectivity index (χ2n) is 6.77. The molecule has 2 aromatic carbocycles. The topological polar surface area (TPSA) is 113 Å². The number of alkyl carbamates (subject to hydrolysis) is 1. The van der Waals surface area contributed by atoms with Gasteiger partial charge in [0.1, 0.15) is 11.9 Å². The van der Waals surface area contributed by atoms with Crippen molar-refractivity contribution in [3.63, 3.8) is 0 Å². The van der Waals surface area contributed by atoms with Gasteiger partial charge in [0.25, 0.3) is 5.91 Å². The predicted octanol–water partition coefficient (Wildman–Crippen LogP) is 5.58. The van der Waals surface area contributed by atoms with Gasteiger partial charge in [-0.2, -0.15) is 0 Å². The number of carboxylic acids is 1. The maximum atomic E-state index is 12.5. The third kappa shape index (κ3) is 7.52. The van der Waals surface area contributed by atoms with Crippen molar-refractivity contribution in [2.75, 3.05) is 0 Å². The Hall–Kier alpha value is -2.65. The third-order valence-electron chi connectivity index (χ3n) is 4.42. The number of phenolic OH excluding ortho intramolecular Hbond substituents is 1. The monoisotopic (exact) mass is 553 g/mol. The van der Waals surface area contributed by atoms with Gasteiger partial charge in [0.2, 0.25) is 0 Å². The first kappa shape index (κ1) is 24.6. The van der Waals surface area contributed by atoms with E-state index in [2.05, 4.69) is 37.2 Å². The minimum Gasteiger partial charge on any atom is -0.506 e. The average molecular weight is 555 g/mol. The van der Waals surface area contributed by atoms with Gasteiger partial charge in [0.15, 0.2) is 0 Å².